The average molecular weight is 275 g/mol. The monoisotopic (exact) mass is 275 g/mol. The van der Waals surface area contributed by atoms with Gasteiger partial charge in [-0.2, -0.15) is 0 Å². The molecule has 0 amide bonds. The maximum absolute atomic E-state index is 10.7. The number of anilines is 1. The molecule has 0 aromatic heterocycles. The van der Waals surface area contributed by atoms with E-state index in [1.54, 1.807) is 12.1 Å². The van der Waals surface area contributed by atoms with Crippen molar-refractivity contribution in [2.75, 3.05) is 12.4 Å². The van der Waals surface area contributed by atoms with Crippen LogP contribution in [0.25, 0.3) is 0 Å². The third kappa shape index (κ3) is 4.16. The Morgan fingerprint density at radius 1 is 0.905 bits per heavy atom. The van der Waals surface area contributed by atoms with Gasteiger partial charge < -0.3 is 10.4 Å². The minimum absolute atomic E-state index is 0.247. The molecule has 0 aliphatic carbocycles. The largest absolute Gasteiger partial charge is 0.478 e. The first-order valence-electron chi connectivity index (χ1n) is 6.32. The molecule has 21 heavy (non-hydrogen) atoms. The number of hydrogen-bond acceptors (Lipinski definition) is 2. The number of carboxylic acids is 1. The molecule has 0 aliphatic heterocycles. The van der Waals surface area contributed by atoms with Gasteiger partial charge in [0.05, 0.1) is 5.56 Å². The molecule has 0 heterocycles. The van der Waals surface area contributed by atoms with Gasteiger partial charge in [-0.15, -0.1) is 0 Å². The molecule has 102 valence electrons. The van der Waals surface area contributed by atoms with E-state index in [1.807, 2.05) is 31.3 Å². The highest BCUT2D eigenvalue weighted by atomic mass is 16.4. The van der Waals surface area contributed by atoms with Gasteiger partial charge in [-0.1, -0.05) is 11.8 Å². The van der Waals surface area contributed by atoms with Gasteiger partial charge in [0.25, 0.3) is 0 Å². The molecule has 0 saturated heterocycles. The molecule has 2 rings (SSSR count). The molecule has 2 aromatic rings. The SMILES string of the molecule is CNc1ccc(C#CC#Cc2ccc(C(=O)O)cc2)cc1. The first-order valence-corrected chi connectivity index (χ1v) is 6.32. The molecule has 0 bridgehead atoms. The first-order chi connectivity index (χ1) is 10.2. The molecule has 3 heteroatoms. The van der Waals surface area contributed by atoms with Crippen molar-refractivity contribution in [2.24, 2.45) is 0 Å². The lowest BCUT2D eigenvalue weighted by Crippen LogP contribution is -1.94. The van der Waals surface area contributed by atoms with E-state index in [0.29, 0.717) is 0 Å². The second-order valence-electron chi connectivity index (χ2n) is 4.21. The molecular weight excluding hydrogens is 262 g/mol. The van der Waals surface area contributed by atoms with Gasteiger partial charge >= 0.3 is 5.97 Å². The van der Waals surface area contributed by atoms with E-state index in [9.17, 15) is 4.79 Å². The number of carboxylic acid groups (broad SMARTS) is 1. The fraction of sp³-hybridized carbons (Fsp3) is 0.0556. The zero-order valence-electron chi connectivity index (χ0n) is 11.5. The Kier molecular flexibility index (Phi) is 4.64. The van der Waals surface area contributed by atoms with Crippen LogP contribution in [0.2, 0.25) is 0 Å². The third-order valence-corrected chi connectivity index (χ3v) is 2.78. The van der Waals surface area contributed by atoms with E-state index in [1.165, 1.54) is 12.1 Å². The van der Waals surface area contributed by atoms with Crippen molar-refractivity contribution in [1.29, 1.82) is 0 Å². The third-order valence-electron chi connectivity index (χ3n) is 2.78. The number of aromatic carboxylic acids is 1. The van der Waals surface area contributed by atoms with Gasteiger partial charge in [0.15, 0.2) is 0 Å². The van der Waals surface area contributed by atoms with Gasteiger partial charge in [0.2, 0.25) is 0 Å². The lowest BCUT2D eigenvalue weighted by molar-refractivity contribution is 0.0697. The summed E-state index contributed by atoms with van der Waals surface area (Å²) in [4.78, 5) is 10.7. The number of nitrogens with one attached hydrogen (secondary N) is 1. The quantitative estimate of drug-likeness (QED) is 0.829. The summed E-state index contributed by atoms with van der Waals surface area (Å²) >= 11 is 0. The predicted octanol–water partition coefficient (Wildman–Crippen LogP) is 2.83. The van der Waals surface area contributed by atoms with E-state index in [4.69, 9.17) is 5.11 Å². The predicted molar refractivity (Wildman–Crippen MR) is 83.1 cm³/mol. The van der Waals surface area contributed by atoms with Crippen LogP contribution in [0.1, 0.15) is 21.5 Å². The van der Waals surface area contributed by atoms with Crippen LogP contribution in [0, 0.1) is 23.7 Å². The summed E-state index contributed by atoms with van der Waals surface area (Å²) in [6.07, 6.45) is 0. The summed E-state index contributed by atoms with van der Waals surface area (Å²) < 4.78 is 0. The molecule has 0 aliphatic rings. The Bertz CT molecular complexity index is 751. The van der Waals surface area contributed by atoms with Gasteiger partial charge in [-0.05, 0) is 60.4 Å². The lowest BCUT2D eigenvalue weighted by atomic mass is 10.1. The fourth-order valence-electron chi connectivity index (χ4n) is 1.62. The molecule has 0 radical (unpaired) electrons. The molecule has 0 unspecified atom stereocenters. The maximum Gasteiger partial charge on any atom is 0.335 e. The highest BCUT2D eigenvalue weighted by Gasteiger charge is 1.99. The number of benzene rings is 2. The van der Waals surface area contributed by atoms with E-state index in [-0.39, 0.29) is 5.56 Å². The molecule has 0 saturated carbocycles. The fourth-order valence-corrected chi connectivity index (χ4v) is 1.62. The summed E-state index contributed by atoms with van der Waals surface area (Å²) in [6, 6.07) is 14.1. The minimum Gasteiger partial charge on any atom is -0.478 e. The first kappa shape index (κ1) is 14.2. The van der Waals surface area contributed by atoms with Crippen LogP contribution in [0.5, 0.6) is 0 Å². The second kappa shape index (κ2) is 6.84. The molecule has 2 aromatic carbocycles. The lowest BCUT2D eigenvalue weighted by Gasteiger charge is -1.97. The molecule has 2 N–H and O–H groups in total. The van der Waals surface area contributed by atoms with Crippen LogP contribution in [0.4, 0.5) is 5.69 Å². The zero-order valence-corrected chi connectivity index (χ0v) is 11.5. The number of carbonyl (C=O) groups is 1. The van der Waals surface area contributed by atoms with Gasteiger partial charge in [-0.3, -0.25) is 0 Å². The summed E-state index contributed by atoms with van der Waals surface area (Å²) in [6.45, 7) is 0. The molecular formula is C18H13NO2. The van der Waals surface area contributed by atoms with Crippen molar-refractivity contribution >= 4 is 11.7 Å². The summed E-state index contributed by atoms with van der Waals surface area (Å²) in [5.41, 5.74) is 2.91. The smallest absolute Gasteiger partial charge is 0.335 e. The summed E-state index contributed by atoms with van der Waals surface area (Å²) in [5, 5.41) is 11.8. The van der Waals surface area contributed by atoms with Gasteiger partial charge in [0.1, 0.15) is 0 Å². The highest BCUT2D eigenvalue weighted by molar-refractivity contribution is 5.87. The van der Waals surface area contributed by atoms with Crippen molar-refractivity contribution in [3.05, 3.63) is 65.2 Å². The second-order valence-corrected chi connectivity index (χ2v) is 4.21. The standard InChI is InChI=1S/C18H13NO2/c1-19-17-12-8-15(9-13-17)5-3-2-4-14-6-10-16(11-7-14)18(20)21/h6-13,19H,1H3,(H,20,21). The van der Waals surface area contributed by atoms with Crippen molar-refractivity contribution in [3.63, 3.8) is 0 Å². The Balaban J connectivity index is 2.06. The van der Waals surface area contributed by atoms with Gasteiger partial charge in [-0.25, -0.2) is 4.79 Å². The Labute approximate surface area is 123 Å². The van der Waals surface area contributed by atoms with Crippen molar-refractivity contribution in [3.8, 4) is 23.7 Å². The number of rotatable bonds is 2. The van der Waals surface area contributed by atoms with Crippen LogP contribution in [0.3, 0.4) is 0 Å². The van der Waals surface area contributed by atoms with E-state index in [0.717, 1.165) is 16.8 Å². The Hall–Kier alpha value is -3.17. The minimum atomic E-state index is -0.945. The number of hydrogen-bond donors (Lipinski definition) is 2. The van der Waals surface area contributed by atoms with Crippen LogP contribution < -0.4 is 5.32 Å². The van der Waals surface area contributed by atoms with E-state index >= 15 is 0 Å². The van der Waals surface area contributed by atoms with Crippen LogP contribution in [-0.4, -0.2) is 18.1 Å². The average Bonchev–Trinajstić information content (AvgIpc) is 2.52. The Morgan fingerprint density at radius 3 is 1.81 bits per heavy atom. The van der Waals surface area contributed by atoms with E-state index in [2.05, 4.69) is 29.0 Å². The maximum atomic E-state index is 10.7. The Morgan fingerprint density at radius 2 is 1.38 bits per heavy atom. The van der Waals surface area contributed by atoms with Crippen LogP contribution in [-0.2, 0) is 0 Å². The molecule has 3 nitrogen and oxygen atoms in total. The topological polar surface area (TPSA) is 49.3 Å². The summed E-state index contributed by atoms with van der Waals surface area (Å²) in [5.74, 6) is 10.4. The van der Waals surface area contributed by atoms with Crippen LogP contribution in [0.15, 0.2) is 48.5 Å². The molecule has 0 atom stereocenters. The van der Waals surface area contributed by atoms with E-state index < -0.39 is 5.97 Å². The van der Waals surface area contributed by atoms with Gasteiger partial charge in [0, 0.05) is 23.9 Å². The molecule has 0 fully saturated rings. The van der Waals surface area contributed by atoms with Crippen molar-refractivity contribution in [2.45, 2.75) is 0 Å². The molecule has 0 spiro atoms. The van der Waals surface area contributed by atoms with Crippen LogP contribution >= 0.6 is 0 Å². The summed E-state index contributed by atoms with van der Waals surface area (Å²) in [7, 11) is 1.86. The van der Waals surface area contributed by atoms with Crippen molar-refractivity contribution in [1.82, 2.24) is 0 Å². The van der Waals surface area contributed by atoms with Crippen molar-refractivity contribution < 1.29 is 9.90 Å². The zero-order chi connectivity index (χ0) is 15.1. The highest BCUT2D eigenvalue weighted by Crippen LogP contribution is 2.07. The normalized spacial score (nSPS) is 8.81.